The van der Waals surface area contributed by atoms with Crippen LogP contribution >= 0.6 is 0 Å². The van der Waals surface area contributed by atoms with E-state index in [-0.39, 0.29) is 12.0 Å². The molecule has 6 nitrogen and oxygen atoms in total. The average molecular weight is 278 g/mol. The van der Waals surface area contributed by atoms with Crippen LogP contribution in [0.1, 0.15) is 13.3 Å². The first kappa shape index (κ1) is 14.2. The van der Waals surface area contributed by atoms with Gasteiger partial charge in [0.1, 0.15) is 11.9 Å². The van der Waals surface area contributed by atoms with E-state index in [1.807, 2.05) is 18.2 Å². The molecule has 0 saturated carbocycles. The quantitative estimate of drug-likeness (QED) is 0.887. The first-order valence-electron chi connectivity index (χ1n) is 6.53. The molecule has 6 heteroatoms. The lowest BCUT2D eigenvalue weighted by Gasteiger charge is -2.14. The maximum absolute atomic E-state index is 11.8. The molecule has 0 aromatic heterocycles. The number of ether oxygens (including phenoxy) is 2. The van der Waals surface area contributed by atoms with E-state index in [9.17, 15) is 9.59 Å². The summed E-state index contributed by atoms with van der Waals surface area (Å²) in [7, 11) is 1.57. The van der Waals surface area contributed by atoms with Crippen molar-refractivity contribution in [1.82, 2.24) is 5.32 Å². The molecule has 2 amide bonds. The fourth-order valence-electron chi connectivity index (χ4n) is 1.97. The normalized spacial score (nSPS) is 17.8. The van der Waals surface area contributed by atoms with Gasteiger partial charge in [-0.15, -0.1) is 0 Å². The summed E-state index contributed by atoms with van der Waals surface area (Å²) in [5.74, 6) is 0.624. The minimum Gasteiger partial charge on any atom is -0.497 e. The monoisotopic (exact) mass is 278 g/mol. The number of rotatable bonds is 5. The summed E-state index contributed by atoms with van der Waals surface area (Å²) in [6, 6.07) is 7.21. The standard InChI is InChI=1S/C14H18N2O4/c1-3-13(17)15-8-12-9-16(14(18)20-12)10-5-4-6-11(7-10)19-2/h4-7,12H,3,8-9H2,1-2H3,(H,15,17). The number of carbonyl (C=O) groups is 2. The van der Waals surface area contributed by atoms with Gasteiger partial charge in [0.25, 0.3) is 0 Å². The number of hydrogen-bond acceptors (Lipinski definition) is 4. The molecule has 1 heterocycles. The highest BCUT2D eigenvalue weighted by Crippen LogP contribution is 2.25. The van der Waals surface area contributed by atoms with Crippen molar-refractivity contribution in [3.8, 4) is 5.75 Å². The predicted molar refractivity (Wildman–Crippen MR) is 73.9 cm³/mol. The van der Waals surface area contributed by atoms with Gasteiger partial charge < -0.3 is 14.8 Å². The Kier molecular flexibility index (Phi) is 4.45. The van der Waals surface area contributed by atoms with Gasteiger partial charge in [0.2, 0.25) is 5.91 Å². The molecule has 1 aromatic rings. The lowest BCUT2D eigenvalue weighted by molar-refractivity contribution is -0.121. The van der Waals surface area contributed by atoms with E-state index in [0.717, 1.165) is 5.69 Å². The predicted octanol–water partition coefficient (Wildman–Crippen LogP) is 1.55. The largest absolute Gasteiger partial charge is 0.497 e. The number of cyclic esters (lactones) is 1. The molecule has 1 N–H and O–H groups in total. The summed E-state index contributed by atoms with van der Waals surface area (Å²) in [6.07, 6.45) is -0.321. The second-order valence-corrected chi connectivity index (χ2v) is 4.48. The van der Waals surface area contributed by atoms with E-state index in [1.54, 1.807) is 20.1 Å². The molecular weight excluding hydrogens is 260 g/mol. The molecule has 1 aliphatic heterocycles. The third-order valence-corrected chi connectivity index (χ3v) is 3.09. The number of benzene rings is 1. The Bertz CT molecular complexity index is 504. The minimum absolute atomic E-state index is 0.0547. The van der Waals surface area contributed by atoms with Crippen molar-refractivity contribution in [2.75, 3.05) is 25.1 Å². The second kappa shape index (κ2) is 6.27. The molecule has 0 aliphatic carbocycles. The van der Waals surface area contributed by atoms with Gasteiger partial charge in [-0.1, -0.05) is 13.0 Å². The highest BCUT2D eigenvalue weighted by atomic mass is 16.6. The van der Waals surface area contributed by atoms with E-state index >= 15 is 0 Å². The Balaban J connectivity index is 1.99. The average Bonchev–Trinajstić information content (AvgIpc) is 2.86. The van der Waals surface area contributed by atoms with Crippen molar-refractivity contribution in [3.63, 3.8) is 0 Å². The fourth-order valence-corrected chi connectivity index (χ4v) is 1.97. The van der Waals surface area contributed by atoms with Crippen LogP contribution < -0.4 is 15.0 Å². The van der Waals surface area contributed by atoms with E-state index < -0.39 is 6.09 Å². The van der Waals surface area contributed by atoms with Crippen molar-refractivity contribution < 1.29 is 19.1 Å². The molecule has 1 fully saturated rings. The van der Waals surface area contributed by atoms with Crippen LogP contribution in [0, 0.1) is 0 Å². The molecule has 108 valence electrons. The molecule has 1 atom stereocenters. The maximum Gasteiger partial charge on any atom is 0.414 e. The number of nitrogens with one attached hydrogen (secondary N) is 1. The molecule has 0 bridgehead atoms. The lowest BCUT2D eigenvalue weighted by atomic mass is 10.2. The summed E-state index contributed by atoms with van der Waals surface area (Å²) >= 11 is 0. The molecular formula is C14H18N2O4. The van der Waals surface area contributed by atoms with Crippen LogP contribution in [0.3, 0.4) is 0 Å². The van der Waals surface area contributed by atoms with Crippen LogP contribution in [-0.2, 0) is 9.53 Å². The summed E-state index contributed by atoms with van der Waals surface area (Å²) in [5, 5.41) is 2.72. The van der Waals surface area contributed by atoms with Crippen LogP contribution in [0.25, 0.3) is 0 Å². The number of carbonyl (C=O) groups excluding carboxylic acids is 2. The number of amides is 2. The molecule has 1 aliphatic rings. The first-order valence-corrected chi connectivity index (χ1v) is 6.53. The third-order valence-electron chi connectivity index (χ3n) is 3.09. The number of nitrogens with zero attached hydrogens (tertiary/aromatic N) is 1. The van der Waals surface area contributed by atoms with Crippen molar-refractivity contribution in [1.29, 1.82) is 0 Å². The zero-order chi connectivity index (χ0) is 14.5. The van der Waals surface area contributed by atoms with E-state index in [1.165, 1.54) is 4.90 Å². The van der Waals surface area contributed by atoms with Gasteiger partial charge in [-0.3, -0.25) is 9.69 Å². The van der Waals surface area contributed by atoms with Crippen LogP contribution in [0.2, 0.25) is 0 Å². The Morgan fingerprint density at radius 1 is 1.55 bits per heavy atom. The van der Waals surface area contributed by atoms with Gasteiger partial charge >= 0.3 is 6.09 Å². The molecule has 20 heavy (non-hydrogen) atoms. The van der Waals surface area contributed by atoms with Gasteiger partial charge in [0.05, 0.1) is 25.9 Å². The topological polar surface area (TPSA) is 67.9 Å². The molecule has 1 saturated heterocycles. The Morgan fingerprint density at radius 3 is 3.05 bits per heavy atom. The van der Waals surface area contributed by atoms with Crippen molar-refractivity contribution >= 4 is 17.7 Å². The summed E-state index contributed by atoms with van der Waals surface area (Å²) < 4.78 is 10.4. The summed E-state index contributed by atoms with van der Waals surface area (Å²) in [5.41, 5.74) is 0.721. The highest BCUT2D eigenvalue weighted by Gasteiger charge is 2.32. The summed E-state index contributed by atoms with van der Waals surface area (Å²) in [6.45, 7) is 2.52. The van der Waals surface area contributed by atoms with Gasteiger partial charge in [-0.05, 0) is 12.1 Å². The number of anilines is 1. The number of hydrogen-bond donors (Lipinski definition) is 1. The van der Waals surface area contributed by atoms with Gasteiger partial charge in [0.15, 0.2) is 0 Å². The fraction of sp³-hybridized carbons (Fsp3) is 0.429. The van der Waals surface area contributed by atoms with Crippen LogP contribution in [0.15, 0.2) is 24.3 Å². The molecule has 0 radical (unpaired) electrons. The molecule has 0 spiro atoms. The first-order chi connectivity index (χ1) is 9.63. The van der Waals surface area contributed by atoms with Crippen molar-refractivity contribution in [3.05, 3.63) is 24.3 Å². The van der Waals surface area contributed by atoms with E-state index in [0.29, 0.717) is 25.3 Å². The van der Waals surface area contributed by atoms with Crippen LogP contribution in [-0.4, -0.2) is 38.3 Å². The zero-order valence-corrected chi connectivity index (χ0v) is 11.6. The summed E-state index contributed by atoms with van der Waals surface area (Å²) in [4.78, 5) is 24.6. The molecule has 2 rings (SSSR count). The van der Waals surface area contributed by atoms with Gasteiger partial charge in [0, 0.05) is 12.5 Å². The maximum atomic E-state index is 11.8. The van der Waals surface area contributed by atoms with Crippen molar-refractivity contribution in [2.45, 2.75) is 19.4 Å². The molecule has 1 aromatic carbocycles. The Morgan fingerprint density at radius 2 is 2.35 bits per heavy atom. The van der Waals surface area contributed by atoms with Crippen LogP contribution in [0.5, 0.6) is 5.75 Å². The smallest absolute Gasteiger partial charge is 0.414 e. The highest BCUT2D eigenvalue weighted by molar-refractivity contribution is 5.90. The zero-order valence-electron chi connectivity index (χ0n) is 11.6. The minimum atomic E-state index is -0.408. The van der Waals surface area contributed by atoms with E-state index in [4.69, 9.17) is 9.47 Å². The van der Waals surface area contributed by atoms with Crippen LogP contribution in [0.4, 0.5) is 10.5 Å². The second-order valence-electron chi connectivity index (χ2n) is 4.48. The van der Waals surface area contributed by atoms with Gasteiger partial charge in [-0.25, -0.2) is 4.79 Å². The lowest BCUT2D eigenvalue weighted by Crippen LogP contribution is -2.34. The Hall–Kier alpha value is -2.24. The SMILES string of the molecule is CCC(=O)NCC1CN(c2cccc(OC)c2)C(=O)O1. The van der Waals surface area contributed by atoms with Gasteiger partial charge in [-0.2, -0.15) is 0 Å². The molecule has 1 unspecified atom stereocenters. The third kappa shape index (κ3) is 3.20. The number of methoxy groups -OCH3 is 1. The van der Waals surface area contributed by atoms with Crippen molar-refractivity contribution in [2.24, 2.45) is 0 Å². The Labute approximate surface area is 117 Å². The van der Waals surface area contributed by atoms with E-state index in [2.05, 4.69) is 5.32 Å².